The molecule has 1 heterocycles. The van der Waals surface area contributed by atoms with Gasteiger partial charge in [-0.15, -0.1) is 0 Å². The number of rotatable bonds is 3. The second-order valence-electron chi connectivity index (χ2n) is 3.38. The van der Waals surface area contributed by atoms with Crippen molar-refractivity contribution in [3.63, 3.8) is 0 Å². The van der Waals surface area contributed by atoms with Gasteiger partial charge in [0.2, 0.25) is 0 Å². The third-order valence-corrected chi connectivity index (χ3v) is 3.53. The van der Waals surface area contributed by atoms with Crippen LogP contribution < -0.4 is 10.9 Å². The molecule has 0 radical (unpaired) electrons. The molecule has 5 nitrogen and oxygen atoms in total. The quantitative estimate of drug-likeness (QED) is 0.647. The summed E-state index contributed by atoms with van der Waals surface area (Å²) in [6.45, 7) is 1.06. The van der Waals surface area contributed by atoms with Gasteiger partial charge in [-0.05, 0) is 25.8 Å². The monoisotopic (exact) mass is 207 g/mol. The van der Waals surface area contributed by atoms with E-state index in [1.807, 2.05) is 0 Å². The highest BCUT2D eigenvalue weighted by Crippen LogP contribution is 2.20. The minimum atomic E-state index is -3.52. The largest absolute Gasteiger partial charge is 0.330 e. The van der Waals surface area contributed by atoms with Crippen molar-refractivity contribution in [3.05, 3.63) is 0 Å². The fraction of sp³-hybridized carbons (Fsp3) is 1.00. The van der Waals surface area contributed by atoms with Crippen molar-refractivity contribution < 1.29 is 8.42 Å². The van der Waals surface area contributed by atoms with E-state index in [4.69, 9.17) is 10.9 Å². The van der Waals surface area contributed by atoms with Gasteiger partial charge in [0.25, 0.3) is 10.2 Å². The van der Waals surface area contributed by atoms with E-state index in [9.17, 15) is 8.42 Å². The lowest BCUT2D eigenvalue weighted by atomic mass is 10.0. The Labute approximate surface area is 79.3 Å². The number of hydrogen-bond acceptors (Lipinski definition) is 3. The van der Waals surface area contributed by atoms with Crippen LogP contribution in [-0.4, -0.2) is 31.9 Å². The molecular weight excluding hydrogens is 190 g/mol. The maximum atomic E-state index is 11.1. The third-order valence-electron chi connectivity index (χ3n) is 2.40. The summed E-state index contributed by atoms with van der Waals surface area (Å²) in [5.41, 5.74) is 5.40. The zero-order chi connectivity index (χ0) is 9.90. The topological polar surface area (TPSA) is 89.4 Å². The molecule has 1 saturated heterocycles. The molecule has 1 fully saturated rings. The highest BCUT2D eigenvalue weighted by molar-refractivity contribution is 7.86. The summed E-state index contributed by atoms with van der Waals surface area (Å²) < 4.78 is 23.6. The van der Waals surface area contributed by atoms with Crippen LogP contribution in [0.25, 0.3) is 0 Å². The molecule has 0 aliphatic carbocycles. The molecule has 0 saturated carbocycles. The second-order valence-corrected chi connectivity index (χ2v) is 4.88. The Bertz CT molecular complexity index is 250. The molecule has 1 aliphatic heterocycles. The molecule has 0 aromatic rings. The molecule has 0 bridgehead atoms. The van der Waals surface area contributed by atoms with Crippen LogP contribution in [0.15, 0.2) is 0 Å². The average molecular weight is 207 g/mol. The minimum Gasteiger partial charge on any atom is -0.330 e. The molecule has 0 aromatic carbocycles. The first-order valence-electron chi connectivity index (χ1n) is 4.55. The van der Waals surface area contributed by atoms with Crippen LogP contribution in [0.1, 0.15) is 25.7 Å². The van der Waals surface area contributed by atoms with Crippen molar-refractivity contribution in [2.24, 2.45) is 10.9 Å². The number of piperidine rings is 1. The Kier molecular flexibility index (Phi) is 3.66. The van der Waals surface area contributed by atoms with E-state index in [0.717, 1.165) is 19.3 Å². The summed E-state index contributed by atoms with van der Waals surface area (Å²) in [6, 6.07) is 0.0220. The van der Waals surface area contributed by atoms with Crippen LogP contribution in [0.2, 0.25) is 0 Å². The molecule has 6 heteroatoms. The lowest BCUT2D eigenvalue weighted by Gasteiger charge is -2.32. The van der Waals surface area contributed by atoms with E-state index in [2.05, 4.69) is 0 Å². The van der Waals surface area contributed by atoms with Crippen molar-refractivity contribution in [2.45, 2.75) is 31.7 Å². The van der Waals surface area contributed by atoms with Gasteiger partial charge in [-0.2, -0.15) is 12.7 Å². The van der Waals surface area contributed by atoms with E-state index in [1.54, 1.807) is 0 Å². The molecule has 13 heavy (non-hydrogen) atoms. The zero-order valence-corrected chi connectivity index (χ0v) is 8.46. The summed E-state index contributed by atoms with van der Waals surface area (Å²) in [6.07, 6.45) is 3.55. The van der Waals surface area contributed by atoms with Crippen molar-refractivity contribution in [1.29, 1.82) is 0 Å². The Hall–Kier alpha value is -0.170. The fourth-order valence-corrected chi connectivity index (χ4v) is 2.80. The number of hydrogen-bond donors (Lipinski definition) is 2. The highest BCUT2D eigenvalue weighted by Gasteiger charge is 2.28. The van der Waals surface area contributed by atoms with Crippen LogP contribution in [0.4, 0.5) is 0 Å². The van der Waals surface area contributed by atoms with Gasteiger partial charge in [0.1, 0.15) is 0 Å². The molecular formula is C7H17N3O2S. The summed E-state index contributed by atoms with van der Waals surface area (Å²) in [5.74, 6) is 0. The van der Waals surface area contributed by atoms with Gasteiger partial charge in [-0.1, -0.05) is 6.42 Å². The lowest BCUT2D eigenvalue weighted by Crippen LogP contribution is -2.47. The van der Waals surface area contributed by atoms with Crippen LogP contribution in [0, 0.1) is 0 Å². The van der Waals surface area contributed by atoms with E-state index in [-0.39, 0.29) is 6.04 Å². The van der Waals surface area contributed by atoms with Gasteiger partial charge in [0, 0.05) is 12.6 Å². The number of nitrogens with zero attached hydrogens (tertiary/aromatic N) is 1. The summed E-state index contributed by atoms with van der Waals surface area (Å²) in [5, 5.41) is 5.09. The van der Waals surface area contributed by atoms with Crippen LogP contribution in [-0.2, 0) is 10.2 Å². The van der Waals surface area contributed by atoms with Gasteiger partial charge in [-0.3, -0.25) is 0 Å². The van der Waals surface area contributed by atoms with Crippen molar-refractivity contribution in [3.8, 4) is 0 Å². The van der Waals surface area contributed by atoms with Crippen LogP contribution in [0.3, 0.4) is 0 Å². The van der Waals surface area contributed by atoms with E-state index in [1.165, 1.54) is 4.31 Å². The Balaban J connectivity index is 2.67. The predicted octanol–water partition coefficient (Wildman–Crippen LogP) is -0.607. The van der Waals surface area contributed by atoms with Crippen molar-refractivity contribution in [1.82, 2.24) is 4.31 Å². The van der Waals surface area contributed by atoms with Gasteiger partial charge >= 0.3 is 0 Å². The second kappa shape index (κ2) is 4.36. The molecule has 1 rings (SSSR count). The number of nitrogens with two attached hydrogens (primary N) is 2. The van der Waals surface area contributed by atoms with Crippen molar-refractivity contribution >= 4 is 10.2 Å². The smallest absolute Gasteiger partial charge is 0.277 e. The Morgan fingerprint density at radius 3 is 2.62 bits per heavy atom. The summed E-state index contributed by atoms with van der Waals surface area (Å²) in [7, 11) is -3.52. The lowest BCUT2D eigenvalue weighted by molar-refractivity contribution is 0.243. The Morgan fingerprint density at radius 1 is 1.38 bits per heavy atom. The van der Waals surface area contributed by atoms with Gasteiger partial charge in [0.15, 0.2) is 0 Å². The SMILES string of the molecule is NCCC1CCCCN1S(N)(=O)=O. The first kappa shape index (κ1) is 10.9. The zero-order valence-electron chi connectivity index (χ0n) is 7.65. The van der Waals surface area contributed by atoms with E-state index >= 15 is 0 Å². The molecule has 0 aromatic heterocycles. The first-order chi connectivity index (χ1) is 6.05. The fourth-order valence-electron chi connectivity index (χ4n) is 1.79. The van der Waals surface area contributed by atoms with E-state index < -0.39 is 10.2 Å². The molecule has 1 unspecified atom stereocenters. The van der Waals surface area contributed by atoms with Crippen LogP contribution in [0.5, 0.6) is 0 Å². The molecule has 4 N–H and O–H groups in total. The van der Waals surface area contributed by atoms with Gasteiger partial charge < -0.3 is 5.73 Å². The van der Waals surface area contributed by atoms with Crippen LogP contribution >= 0.6 is 0 Å². The predicted molar refractivity (Wildman–Crippen MR) is 51.1 cm³/mol. The minimum absolute atomic E-state index is 0.0220. The summed E-state index contributed by atoms with van der Waals surface area (Å²) >= 11 is 0. The molecule has 1 atom stereocenters. The highest BCUT2D eigenvalue weighted by atomic mass is 32.2. The van der Waals surface area contributed by atoms with E-state index in [0.29, 0.717) is 19.5 Å². The molecule has 0 spiro atoms. The molecule has 78 valence electrons. The standard InChI is InChI=1S/C7H17N3O2S/c8-5-4-7-3-1-2-6-10(7)13(9,11)12/h7H,1-6,8H2,(H2,9,11,12). The Morgan fingerprint density at radius 2 is 2.08 bits per heavy atom. The maximum Gasteiger partial charge on any atom is 0.277 e. The third kappa shape index (κ3) is 2.91. The van der Waals surface area contributed by atoms with Crippen molar-refractivity contribution in [2.75, 3.05) is 13.1 Å². The van der Waals surface area contributed by atoms with Gasteiger partial charge in [-0.25, -0.2) is 5.14 Å². The average Bonchev–Trinajstić information content (AvgIpc) is 2.04. The van der Waals surface area contributed by atoms with Gasteiger partial charge in [0.05, 0.1) is 0 Å². The first-order valence-corrected chi connectivity index (χ1v) is 6.05. The normalized spacial score (nSPS) is 26.2. The molecule has 0 amide bonds. The molecule has 1 aliphatic rings. The maximum absolute atomic E-state index is 11.1. The summed E-state index contributed by atoms with van der Waals surface area (Å²) in [4.78, 5) is 0.